The minimum Gasteiger partial charge on any atom is -0.506 e. The van der Waals surface area contributed by atoms with Crippen molar-refractivity contribution >= 4 is 11.6 Å². The van der Waals surface area contributed by atoms with Gasteiger partial charge < -0.3 is 16.2 Å². The SMILES string of the molecule is NCc1cnc(Nc2ccccc2O)nc1. The lowest BCUT2D eigenvalue weighted by Gasteiger charge is -2.06. The van der Waals surface area contributed by atoms with Crippen molar-refractivity contribution < 1.29 is 5.11 Å². The third-order valence-corrected chi connectivity index (χ3v) is 2.09. The Morgan fingerprint density at radius 2 is 1.88 bits per heavy atom. The van der Waals surface area contributed by atoms with Gasteiger partial charge in [0.2, 0.25) is 5.95 Å². The smallest absolute Gasteiger partial charge is 0.227 e. The van der Waals surface area contributed by atoms with Crippen molar-refractivity contribution in [2.45, 2.75) is 6.54 Å². The molecule has 0 saturated carbocycles. The first-order valence-corrected chi connectivity index (χ1v) is 4.85. The van der Waals surface area contributed by atoms with Crippen molar-refractivity contribution in [3.8, 4) is 5.75 Å². The van der Waals surface area contributed by atoms with Crippen LogP contribution in [0.5, 0.6) is 5.75 Å². The van der Waals surface area contributed by atoms with Crippen molar-refractivity contribution in [1.82, 2.24) is 9.97 Å². The molecule has 16 heavy (non-hydrogen) atoms. The lowest BCUT2D eigenvalue weighted by molar-refractivity contribution is 0.477. The number of aromatic nitrogens is 2. The Balaban J connectivity index is 2.18. The van der Waals surface area contributed by atoms with E-state index in [4.69, 9.17) is 5.73 Å². The van der Waals surface area contributed by atoms with Gasteiger partial charge in [0, 0.05) is 24.5 Å². The van der Waals surface area contributed by atoms with E-state index in [1.807, 2.05) is 6.07 Å². The van der Waals surface area contributed by atoms with Crippen LogP contribution in [0.2, 0.25) is 0 Å². The summed E-state index contributed by atoms with van der Waals surface area (Å²) in [6, 6.07) is 6.90. The Labute approximate surface area is 93.0 Å². The molecule has 1 aromatic carbocycles. The molecule has 2 rings (SSSR count). The van der Waals surface area contributed by atoms with E-state index in [0.29, 0.717) is 18.2 Å². The van der Waals surface area contributed by atoms with Gasteiger partial charge in [-0.1, -0.05) is 12.1 Å². The zero-order valence-corrected chi connectivity index (χ0v) is 8.59. The standard InChI is InChI=1S/C11H12N4O/c12-5-8-6-13-11(14-7-8)15-9-3-1-2-4-10(9)16/h1-4,6-7,16H,5,12H2,(H,13,14,15). The number of rotatable bonds is 3. The highest BCUT2D eigenvalue weighted by Crippen LogP contribution is 2.23. The summed E-state index contributed by atoms with van der Waals surface area (Å²) < 4.78 is 0. The highest BCUT2D eigenvalue weighted by Gasteiger charge is 2.01. The molecule has 0 fully saturated rings. The quantitative estimate of drug-likeness (QED) is 0.675. The molecule has 0 radical (unpaired) electrons. The first-order valence-electron chi connectivity index (χ1n) is 4.85. The molecule has 0 aliphatic carbocycles. The molecule has 1 heterocycles. The topological polar surface area (TPSA) is 84.1 Å². The lowest BCUT2D eigenvalue weighted by atomic mass is 10.3. The molecule has 0 spiro atoms. The summed E-state index contributed by atoms with van der Waals surface area (Å²) in [4.78, 5) is 8.15. The Kier molecular flexibility index (Phi) is 2.98. The number of aromatic hydroxyl groups is 1. The van der Waals surface area contributed by atoms with Gasteiger partial charge in [-0.05, 0) is 12.1 Å². The van der Waals surface area contributed by atoms with E-state index in [1.165, 1.54) is 0 Å². The van der Waals surface area contributed by atoms with E-state index in [9.17, 15) is 5.11 Å². The maximum absolute atomic E-state index is 9.53. The van der Waals surface area contributed by atoms with Gasteiger partial charge in [0.15, 0.2) is 0 Å². The molecule has 2 aromatic rings. The van der Waals surface area contributed by atoms with E-state index in [2.05, 4.69) is 15.3 Å². The van der Waals surface area contributed by atoms with Crippen molar-refractivity contribution in [1.29, 1.82) is 0 Å². The van der Waals surface area contributed by atoms with E-state index in [-0.39, 0.29) is 5.75 Å². The van der Waals surface area contributed by atoms with Crippen LogP contribution in [0.4, 0.5) is 11.6 Å². The predicted molar refractivity (Wildman–Crippen MR) is 61.3 cm³/mol. The summed E-state index contributed by atoms with van der Waals surface area (Å²) in [5, 5.41) is 12.4. The molecule has 0 bridgehead atoms. The average Bonchev–Trinajstić information content (AvgIpc) is 2.33. The molecular formula is C11H12N4O. The Morgan fingerprint density at radius 1 is 1.19 bits per heavy atom. The molecular weight excluding hydrogens is 204 g/mol. The van der Waals surface area contributed by atoms with E-state index in [1.54, 1.807) is 30.6 Å². The van der Waals surface area contributed by atoms with Crippen molar-refractivity contribution in [3.05, 3.63) is 42.2 Å². The van der Waals surface area contributed by atoms with Crippen molar-refractivity contribution in [3.63, 3.8) is 0 Å². The number of anilines is 2. The third kappa shape index (κ3) is 2.26. The molecule has 5 heteroatoms. The number of phenolic OH excluding ortho intramolecular Hbond substituents is 1. The van der Waals surface area contributed by atoms with Crippen LogP contribution in [-0.4, -0.2) is 15.1 Å². The molecule has 82 valence electrons. The second-order valence-electron chi connectivity index (χ2n) is 3.26. The maximum atomic E-state index is 9.53. The number of hydrogen-bond donors (Lipinski definition) is 3. The Hall–Kier alpha value is -2.14. The minimum atomic E-state index is 0.161. The number of para-hydroxylation sites is 2. The fourth-order valence-electron chi connectivity index (χ4n) is 1.22. The molecule has 0 unspecified atom stereocenters. The van der Waals surface area contributed by atoms with Crippen LogP contribution in [0.1, 0.15) is 5.56 Å². The predicted octanol–water partition coefficient (Wildman–Crippen LogP) is 1.38. The van der Waals surface area contributed by atoms with Crippen LogP contribution in [-0.2, 0) is 6.54 Å². The molecule has 0 amide bonds. The fourth-order valence-corrected chi connectivity index (χ4v) is 1.22. The number of nitrogens with zero attached hydrogens (tertiary/aromatic N) is 2. The van der Waals surface area contributed by atoms with Crippen molar-refractivity contribution in [2.24, 2.45) is 5.73 Å². The Bertz CT molecular complexity index is 470. The van der Waals surface area contributed by atoms with Gasteiger partial charge in [-0.2, -0.15) is 0 Å². The fraction of sp³-hybridized carbons (Fsp3) is 0.0909. The number of nitrogens with one attached hydrogen (secondary N) is 1. The van der Waals surface area contributed by atoms with Crippen molar-refractivity contribution in [2.75, 3.05) is 5.32 Å². The Morgan fingerprint density at radius 3 is 2.50 bits per heavy atom. The summed E-state index contributed by atoms with van der Waals surface area (Å²) in [5.41, 5.74) is 6.87. The van der Waals surface area contributed by atoms with Gasteiger partial charge in [-0.15, -0.1) is 0 Å². The number of benzene rings is 1. The normalized spacial score (nSPS) is 10.1. The third-order valence-electron chi connectivity index (χ3n) is 2.09. The first-order chi connectivity index (χ1) is 7.79. The largest absolute Gasteiger partial charge is 0.506 e. The summed E-state index contributed by atoms with van der Waals surface area (Å²) in [6.07, 6.45) is 3.30. The van der Waals surface area contributed by atoms with Crippen LogP contribution in [0.15, 0.2) is 36.7 Å². The summed E-state index contributed by atoms with van der Waals surface area (Å²) in [6.45, 7) is 0.414. The first kappa shape index (κ1) is 10.4. The minimum absolute atomic E-state index is 0.161. The van der Waals surface area contributed by atoms with Gasteiger partial charge in [0.25, 0.3) is 0 Å². The highest BCUT2D eigenvalue weighted by molar-refractivity contribution is 5.61. The van der Waals surface area contributed by atoms with Crippen LogP contribution in [0, 0.1) is 0 Å². The van der Waals surface area contributed by atoms with Gasteiger partial charge in [-0.3, -0.25) is 0 Å². The van der Waals surface area contributed by atoms with Crippen LogP contribution in [0.3, 0.4) is 0 Å². The molecule has 0 saturated heterocycles. The summed E-state index contributed by atoms with van der Waals surface area (Å²) >= 11 is 0. The molecule has 5 nitrogen and oxygen atoms in total. The van der Waals surface area contributed by atoms with Gasteiger partial charge in [-0.25, -0.2) is 9.97 Å². The van der Waals surface area contributed by atoms with E-state index in [0.717, 1.165) is 5.56 Å². The van der Waals surface area contributed by atoms with Crippen LogP contribution < -0.4 is 11.1 Å². The molecule has 0 aliphatic rings. The number of hydrogen-bond acceptors (Lipinski definition) is 5. The molecule has 4 N–H and O–H groups in total. The zero-order chi connectivity index (χ0) is 11.4. The van der Waals surface area contributed by atoms with Crippen LogP contribution in [0.25, 0.3) is 0 Å². The summed E-state index contributed by atoms with van der Waals surface area (Å²) in [5.74, 6) is 0.590. The molecule has 0 aliphatic heterocycles. The van der Waals surface area contributed by atoms with Gasteiger partial charge in [0.1, 0.15) is 5.75 Å². The second-order valence-corrected chi connectivity index (χ2v) is 3.26. The van der Waals surface area contributed by atoms with E-state index >= 15 is 0 Å². The van der Waals surface area contributed by atoms with Gasteiger partial charge in [0.05, 0.1) is 5.69 Å². The van der Waals surface area contributed by atoms with E-state index < -0.39 is 0 Å². The highest BCUT2D eigenvalue weighted by atomic mass is 16.3. The number of nitrogens with two attached hydrogens (primary N) is 1. The number of phenols is 1. The maximum Gasteiger partial charge on any atom is 0.227 e. The van der Waals surface area contributed by atoms with Crippen LogP contribution >= 0.6 is 0 Å². The molecule has 0 atom stereocenters. The average molecular weight is 216 g/mol. The zero-order valence-electron chi connectivity index (χ0n) is 8.59. The second kappa shape index (κ2) is 4.59. The summed E-state index contributed by atoms with van der Waals surface area (Å²) in [7, 11) is 0. The molecule has 1 aromatic heterocycles. The lowest BCUT2D eigenvalue weighted by Crippen LogP contribution is -2.01. The monoisotopic (exact) mass is 216 g/mol. The van der Waals surface area contributed by atoms with Gasteiger partial charge >= 0.3 is 0 Å².